The largest absolute Gasteiger partial charge is 0.397 e. The molecule has 0 spiro atoms. The summed E-state index contributed by atoms with van der Waals surface area (Å²) in [6, 6.07) is 3.54. The van der Waals surface area contributed by atoms with Crippen molar-refractivity contribution in [2.45, 2.75) is 25.9 Å². The summed E-state index contributed by atoms with van der Waals surface area (Å²) in [6.45, 7) is 4.66. The molecule has 0 aromatic heterocycles. The van der Waals surface area contributed by atoms with Crippen molar-refractivity contribution in [1.29, 1.82) is 0 Å². The minimum Gasteiger partial charge on any atom is -0.397 e. The number of likely N-dealkylation sites (N-methyl/N-ethyl adjacent to an activating group) is 1. The van der Waals surface area contributed by atoms with Crippen LogP contribution in [-0.2, 0) is 4.74 Å². The van der Waals surface area contributed by atoms with Gasteiger partial charge in [0.15, 0.2) is 0 Å². The van der Waals surface area contributed by atoms with Gasteiger partial charge in [-0.1, -0.05) is 23.2 Å². The van der Waals surface area contributed by atoms with E-state index in [1.54, 1.807) is 6.07 Å². The first-order chi connectivity index (χ1) is 8.61. The van der Waals surface area contributed by atoms with E-state index in [0.717, 1.165) is 38.2 Å². The second-order valence-corrected chi connectivity index (χ2v) is 5.31. The van der Waals surface area contributed by atoms with Gasteiger partial charge in [-0.2, -0.15) is 0 Å². The zero-order valence-electron chi connectivity index (χ0n) is 10.5. The first-order valence-electron chi connectivity index (χ1n) is 6.23. The fraction of sp³-hybridized carbons (Fsp3) is 0.538. The maximum atomic E-state index is 6.06. The van der Waals surface area contributed by atoms with Gasteiger partial charge in [-0.05, 0) is 31.9 Å². The van der Waals surface area contributed by atoms with Crippen LogP contribution in [0.5, 0.6) is 0 Å². The van der Waals surface area contributed by atoms with Gasteiger partial charge in [0.25, 0.3) is 0 Å². The predicted molar refractivity (Wildman–Crippen MR) is 77.7 cm³/mol. The van der Waals surface area contributed by atoms with Gasteiger partial charge in [0.1, 0.15) is 0 Å². The Hall–Kier alpha value is -0.640. The third kappa shape index (κ3) is 3.02. The maximum absolute atomic E-state index is 6.06. The van der Waals surface area contributed by atoms with Gasteiger partial charge in [0.2, 0.25) is 0 Å². The Bertz CT molecular complexity index is 420. The molecule has 0 amide bonds. The second kappa shape index (κ2) is 6.00. The highest BCUT2D eigenvalue weighted by molar-refractivity contribution is 6.42. The van der Waals surface area contributed by atoms with E-state index in [1.165, 1.54) is 0 Å². The van der Waals surface area contributed by atoms with Crippen LogP contribution >= 0.6 is 23.2 Å². The summed E-state index contributed by atoms with van der Waals surface area (Å²) in [4.78, 5) is 2.19. The molecule has 1 heterocycles. The van der Waals surface area contributed by atoms with Crippen LogP contribution in [-0.4, -0.2) is 25.8 Å². The molecule has 100 valence electrons. The maximum Gasteiger partial charge on any atom is 0.0750 e. The minimum atomic E-state index is 0.291. The number of rotatable bonds is 4. The summed E-state index contributed by atoms with van der Waals surface area (Å²) in [5.74, 6) is 0. The number of hydrogen-bond donors (Lipinski definition) is 1. The smallest absolute Gasteiger partial charge is 0.0750 e. The summed E-state index contributed by atoms with van der Waals surface area (Å²) in [5.41, 5.74) is 7.60. The lowest BCUT2D eigenvalue weighted by Crippen LogP contribution is -2.32. The molecule has 5 heteroatoms. The number of nitrogens with two attached hydrogens (primary N) is 1. The summed E-state index contributed by atoms with van der Waals surface area (Å²) in [5, 5.41) is 1.03. The van der Waals surface area contributed by atoms with E-state index < -0.39 is 0 Å². The Kier molecular flexibility index (Phi) is 4.60. The van der Waals surface area contributed by atoms with Crippen molar-refractivity contribution in [3.05, 3.63) is 22.2 Å². The minimum absolute atomic E-state index is 0.291. The molecule has 3 nitrogen and oxygen atoms in total. The zero-order valence-corrected chi connectivity index (χ0v) is 12.0. The Morgan fingerprint density at radius 3 is 2.72 bits per heavy atom. The summed E-state index contributed by atoms with van der Waals surface area (Å²) >= 11 is 12.0. The molecule has 1 unspecified atom stereocenters. The molecule has 0 radical (unpaired) electrons. The number of hydrogen-bond acceptors (Lipinski definition) is 3. The van der Waals surface area contributed by atoms with Crippen molar-refractivity contribution < 1.29 is 4.74 Å². The number of anilines is 2. The van der Waals surface area contributed by atoms with Crippen molar-refractivity contribution >= 4 is 34.6 Å². The zero-order chi connectivity index (χ0) is 13.1. The van der Waals surface area contributed by atoms with Crippen molar-refractivity contribution in [3.63, 3.8) is 0 Å². The average molecular weight is 289 g/mol. The van der Waals surface area contributed by atoms with Crippen molar-refractivity contribution in [3.8, 4) is 0 Å². The van der Waals surface area contributed by atoms with Gasteiger partial charge in [0.05, 0.1) is 27.5 Å². The molecule has 1 aliphatic rings. The lowest BCUT2D eigenvalue weighted by Gasteiger charge is -2.27. The molecule has 2 N–H and O–H groups in total. The number of benzene rings is 1. The third-order valence-electron chi connectivity index (χ3n) is 3.24. The van der Waals surface area contributed by atoms with Crippen LogP contribution in [0, 0.1) is 0 Å². The predicted octanol–water partition coefficient (Wildman–Crippen LogP) is 3.58. The molecule has 1 aliphatic heterocycles. The molecular formula is C13H18Cl2N2O. The van der Waals surface area contributed by atoms with Crippen LogP contribution in [0.1, 0.15) is 19.8 Å². The highest BCUT2D eigenvalue weighted by Gasteiger charge is 2.20. The Labute approximate surface area is 118 Å². The molecule has 2 rings (SSSR count). The van der Waals surface area contributed by atoms with Crippen LogP contribution in [0.3, 0.4) is 0 Å². The third-order valence-corrected chi connectivity index (χ3v) is 3.96. The van der Waals surface area contributed by atoms with Crippen molar-refractivity contribution in [1.82, 2.24) is 0 Å². The fourth-order valence-electron chi connectivity index (χ4n) is 2.26. The molecule has 1 saturated heterocycles. The highest BCUT2D eigenvalue weighted by Crippen LogP contribution is 2.33. The molecule has 1 fully saturated rings. The van der Waals surface area contributed by atoms with Crippen molar-refractivity contribution in [2.75, 3.05) is 30.3 Å². The lowest BCUT2D eigenvalue weighted by atomic mass is 10.2. The molecule has 0 saturated carbocycles. The van der Waals surface area contributed by atoms with E-state index in [2.05, 4.69) is 11.8 Å². The second-order valence-electron chi connectivity index (χ2n) is 4.50. The van der Waals surface area contributed by atoms with E-state index >= 15 is 0 Å². The molecule has 1 aromatic rings. The quantitative estimate of drug-likeness (QED) is 0.861. The molecule has 18 heavy (non-hydrogen) atoms. The monoisotopic (exact) mass is 288 g/mol. The molecular weight excluding hydrogens is 271 g/mol. The Balaban J connectivity index is 2.18. The number of nitrogens with zero attached hydrogens (tertiary/aromatic N) is 1. The van der Waals surface area contributed by atoms with E-state index in [4.69, 9.17) is 33.7 Å². The lowest BCUT2D eigenvalue weighted by molar-refractivity contribution is 0.116. The van der Waals surface area contributed by atoms with Crippen LogP contribution in [0.15, 0.2) is 12.1 Å². The number of nitrogen functional groups attached to an aromatic ring is 1. The highest BCUT2D eigenvalue weighted by atomic mass is 35.5. The molecule has 1 atom stereocenters. The number of ether oxygens (including phenoxy) is 1. The van der Waals surface area contributed by atoms with E-state index in [9.17, 15) is 0 Å². The average Bonchev–Trinajstić information content (AvgIpc) is 2.84. The molecule has 1 aromatic carbocycles. The summed E-state index contributed by atoms with van der Waals surface area (Å²) in [7, 11) is 0. The van der Waals surface area contributed by atoms with Gasteiger partial charge in [-0.15, -0.1) is 0 Å². The van der Waals surface area contributed by atoms with Gasteiger partial charge in [-0.3, -0.25) is 0 Å². The van der Waals surface area contributed by atoms with Crippen molar-refractivity contribution in [2.24, 2.45) is 0 Å². The standard InChI is InChI=1S/C13H18Cl2N2O/c1-2-17(8-9-4-3-5-18-9)13-7-11(15)10(14)6-12(13)16/h6-7,9H,2-5,8,16H2,1H3. The van der Waals surface area contributed by atoms with Crippen LogP contribution in [0.25, 0.3) is 0 Å². The SMILES string of the molecule is CCN(CC1CCCO1)c1cc(Cl)c(Cl)cc1N. The molecule has 0 aliphatic carbocycles. The Morgan fingerprint density at radius 1 is 1.39 bits per heavy atom. The normalized spacial score (nSPS) is 19.2. The first-order valence-corrected chi connectivity index (χ1v) is 6.98. The molecule has 0 bridgehead atoms. The van der Waals surface area contributed by atoms with Gasteiger partial charge >= 0.3 is 0 Å². The van der Waals surface area contributed by atoms with Gasteiger partial charge in [-0.25, -0.2) is 0 Å². The van der Waals surface area contributed by atoms with Crippen LogP contribution in [0.4, 0.5) is 11.4 Å². The summed E-state index contributed by atoms with van der Waals surface area (Å²) < 4.78 is 5.66. The fourth-order valence-corrected chi connectivity index (χ4v) is 2.59. The van der Waals surface area contributed by atoms with Gasteiger partial charge in [0, 0.05) is 19.7 Å². The Morgan fingerprint density at radius 2 is 2.11 bits per heavy atom. The first kappa shape index (κ1) is 13.8. The van der Waals surface area contributed by atoms with Crippen LogP contribution < -0.4 is 10.6 Å². The topological polar surface area (TPSA) is 38.5 Å². The van der Waals surface area contributed by atoms with E-state index in [0.29, 0.717) is 21.8 Å². The summed E-state index contributed by atoms with van der Waals surface area (Å²) in [6.07, 6.45) is 2.54. The number of halogens is 2. The van der Waals surface area contributed by atoms with E-state index in [-0.39, 0.29) is 0 Å². The van der Waals surface area contributed by atoms with Crippen LogP contribution in [0.2, 0.25) is 10.0 Å². The van der Waals surface area contributed by atoms with E-state index in [1.807, 2.05) is 6.07 Å². The van der Waals surface area contributed by atoms with Gasteiger partial charge < -0.3 is 15.4 Å².